The van der Waals surface area contributed by atoms with Crippen molar-refractivity contribution in [1.82, 2.24) is 14.7 Å². The second-order valence-corrected chi connectivity index (χ2v) is 7.59. The molecular weight excluding hydrogens is 402 g/mol. The van der Waals surface area contributed by atoms with E-state index in [-0.39, 0.29) is 18.6 Å². The smallest absolute Gasteiger partial charge is 0.271 e. The van der Waals surface area contributed by atoms with E-state index in [1.54, 1.807) is 6.07 Å². The van der Waals surface area contributed by atoms with Gasteiger partial charge in [0, 0.05) is 32.2 Å². The second-order valence-electron chi connectivity index (χ2n) is 7.59. The number of rotatable bonds is 3. The van der Waals surface area contributed by atoms with Gasteiger partial charge in [-0.3, -0.25) is 9.59 Å². The van der Waals surface area contributed by atoms with Crippen LogP contribution >= 0.6 is 0 Å². The molecule has 1 saturated heterocycles. The van der Waals surface area contributed by atoms with E-state index in [1.165, 1.54) is 21.7 Å². The standard InChI is InChI=1S/C23H22F2N4O2/c1-15-6-7-17(14-16(15)2)29-21(30)9-8-20(26-29)27-10-12-28(13-11-27)23(31)22-18(24)4-3-5-19(22)25/h3-9,14H,10-13H2,1-2H3. The van der Waals surface area contributed by atoms with Crippen molar-refractivity contribution in [3.8, 4) is 5.69 Å². The number of halogens is 2. The maximum atomic E-state index is 14.0. The highest BCUT2D eigenvalue weighted by Gasteiger charge is 2.27. The molecule has 6 nitrogen and oxygen atoms in total. The average molecular weight is 424 g/mol. The number of carbonyl (C=O) groups is 1. The Labute approximate surface area is 178 Å². The molecule has 160 valence electrons. The van der Waals surface area contributed by atoms with Gasteiger partial charge in [0.1, 0.15) is 23.0 Å². The summed E-state index contributed by atoms with van der Waals surface area (Å²) in [5.74, 6) is -1.80. The summed E-state index contributed by atoms with van der Waals surface area (Å²) in [5, 5.41) is 4.50. The predicted octanol–water partition coefficient (Wildman–Crippen LogP) is 3.09. The molecule has 8 heteroatoms. The van der Waals surface area contributed by atoms with E-state index in [0.717, 1.165) is 23.3 Å². The van der Waals surface area contributed by atoms with E-state index in [0.29, 0.717) is 24.6 Å². The third-order valence-electron chi connectivity index (χ3n) is 5.59. The molecule has 0 atom stereocenters. The molecule has 0 spiro atoms. The van der Waals surface area contributed by atoms with E-state index >= 15 is 0 Å². The first-order valence-corrected chi connectivity index (χ1v) is 10.0. The van der Waals surface area contributed by atoms with Crippen molar-refractivity contribution in [1.29, 1.82) is 0 Å². The third kappa shape index (κ3) is 4.05. The Hall–Kier alpha value is -3.55. The summed E-state index contributed by atoms with van der Waals surface area (Å²) in [7, 11) is 0. The molecule has 31 heavy (non-hydrogen) atoms. The van der Waals surface area contributed by atoms with Crippen molar-refractivity contribution in [3.63, 3.8) is 0 Å². The van der Waals surface area contributed by atoms with Crippen LogP contribution in [-0.4, -0.2) is 46.8 Å². The van der Waals surface area contributed by atoms with Crippen molar-refractivity contribution < 1.29 is 13.6 Å². The fraction of sp³-hybridized carbons (Fsp3) is 0.261. The van der Waals surface area contributed by atoms with Crippen molar-refractivity contribution >= 4 is 11.7 Å². The van der Waals surface area contributed by atoms with E-state index in [4.69, 9.17) is 0 Å². The number of aromatic nitrogens is 2. The molecule has 0 saturated carbocycles. The van der Waals surface area contributed by atoms with Crippen LogP contribution in [0.4, 0.5) is 14.6 Å². The summed E-state index contributed by atoms with van der Waals surface area (Å²) in [6.45, 7) is 5.41. The van der Waals surface area contributed by atoms with Gasteiger partial charge in [-0.05, 0) is 55.3 Å². The lowest BCUT2D eigenvalue weighted by atomic mass is 10.1. The number of hydrogen-bond acceptors (Lipinski definition) is 4. The van der Waals surface area contributed by atoms with Gasteiger partial charge < -0.3 is 9.80 Å². The molecule has 1 amide bonds. The van der Waals surface area contributed by atoms with Gasteiger partial charge in [0.15, 0.2) is 0 Å². The maximum absolute atomic E-state index is 14.0. The molecule has 3 aromatic rings. The van der Waals surface area contributed by atoms with Crippen LogP contribution < -0.4 is 10.5 Å². The number of hydrogen-bond donors (Lipinski definition) is 0. The van der Waals surface area contributed by atoms with E-state index in [2.05, 4.69) is 5.10 Å². The largest absolute Gasteiger partial charge is 0.352 e. The molecule has 0 radical (unpaired) electrons. The fourth-order valence-corrected chi connectivity index (χ4v) is 3.61. The minimum Gasteiger partial charge on any atom is -0.352 e. The number of piperazine rings is 1. The Kier molecular flexibility index (Phi) is 5.54. The van der Waals surface area contributed by atoms with Crippen LogP contribution in [0.25, 0.3) is 5.69 Å². The van der Waals surface area contributed by atoms with Crippen LogP contribution in [0.3, 0.4) is 0 Å². The van der Waals surface area contributed by atoms with E-state index in [1.807, 2.05) is 36.9 Å². The zero-order valence-electron chi connectivity index (χ0n) is 17.3. The zero-order valence-corrected chi connectivity index (χ0v) is 17.3. The van der Waals surface area contributed by atoms with Crippen molar-refractivity contribution in [3.05, 3.63) is 87.2 Å². The molecule has 1 aromatic heterocycles. The molecule has 1 aliphatic rings. The van der Waals surface area contributed by atoms with Crippen LogP contribution in [0.5, 0.6) is 0 Å². The van der Waals surface area contributed by atoms with Gasteiger partial charge in [0.25, 0.3) is 11.5 Å². The molecule has 0 unspecified atom stereocenters. The lowest BCUT2D eigenvalue weighted by Crippen LogP contribution is -2.49. The number of anilines is 1. The highest BCUT2D eigenvalue weighted by Crippen LogP contribution is 2.19. The molecule has 0 N–H and O–H groups in total. The first-order valence-electron chi connectivity index (χ1n) is 10.0. The molecular formula is C23H22F2N4O2. The van der Waals surface area contributed by atoms with E-state index < -0.39 is 23.1 Å². The normalized spacial score (nSPS) is 14.1. The summed E-state index contributed by atoms with van der Waals surface area (Å²) in [5.41, 5.74) is 2.09. The van der Waals surface area contributed by atoms with Crippen molar-refractivity contribution in [2.75, 3.05) is 31.1 Å². The Morgan fingerprint density at radius 2 is 1.58 bits per heavy atom. The summed E-state index contributed by atoms with van der Waals surface area (Å²) >= 11 is 0. The molecule has 1 fully saturated rings. The number of nitrogens with zero attached hydrogens (tertiary/aromatic N) is 4. The maximum Gasteiger partial charge on any atom is 0.271 e. The average Bonchev–Trinajstić information content (AvgIpc) is 2.76. The third-order valence-corrected chi connectivity index (χ3v) is 5.59. The second kappa shape index (κ2) is 8.29. The highest BCUT2D eigenvalue weighted by atomic mass is 19.1. The highest BCUT2D eigenvalue weighted by molar-refractivity contribution is 5.95. The predicted molar refractivity (Wildman–Crippen MR) is 114 cm³/mol. The first kappa shape index (κ1) is 20.7. The number of carbonyl (C=O) groups excluding carboxylic acids is 1. The number of benzene rings is 2. The van der Waals surface area contributed by atoms with Gasteiger partial charge in [0.05, 0.1) is 5.69 Å². The monoisotopic (exact) mass is 424 g/mol. The minimum atomic E-state index is -0.866. The van der Waals surface area contributed by atoms with Crippen molar-refractivity contribution in [2.24, 2.45) is 0 Å². The van der Waals surface area contributed by atoms with Gasteiger partial charge in [-0.2, -0.15) is 4.68 Å². The Balaban J connectivity index is 1.52. The Bertz CT molecular complexity index is 1180. The van der Waals surface area contributed by atoms with Crippen LogP contribution in [-0.2, 0) is 0 Å². The van der Waals surface area contributed by atoms with Crippen LogP contribution in [0.2, 0.25) is 0 Å². The molecule has 4 rings (SSSR count). The lowest BCUT2D eigenvalue weighted by molar-refractivity contribution is 0.0736. The van der Waals surface area contributed by atoms with Crippen LogP contribution in [0.1, 0.15) is 21.5 Å². The lowest BCUT2D eigenvalue weighted by Gasteiger charge is -2.35. The molecule has 1 aliphatic heterocycles. The minimum absolute atomic E-state index is 0.240. The summed E-state index contributed by atoms with van der Waals surface area (Å²) in [6, 6.07) is 12.2. The summed E-state index contributed by atoms with van der Waals surface area (Å²) < 4.78 is 29.3. The molecule has 0 aliphatic carbocycles. The SMILES string of the molecule is Cc1ccc(-n2nc(N3CCN(C(=O)c4c(F)cccc4F)CC3)ccc2=O)cc1C. The van der Waals surface area contributed by atoms with Gasteiger partial charge >= 0.3 is 0 Å². The van der Waals surface area contributed by atoms with Crippen molar-refractivity contribution in [2.45, 2.75) is 13.8 Å². The topological polar surface area (TPSA) is 58.4 Å². The molecule has 0 bridgehead atoms. The van der Waals surface area contributed by atoms with Gasteiger partial charge in [0.2, 0.25) is 0 Å². The zero-order chi connectivity index (χ0) is 22.1. The van der Waals surface area contributed by atoms with Crippen LogP contribution in [0.15, 0.2) is 53.3 Å². The number of aryl methyl sites for hydroxylation is 2. The van der Waals surface area contributed by atoms with Gasteiger partial charge in [-0.25, -0.2) is 8.78 Å². The van der Waals surface area contributed by atoms with E-state index in [9.17, 15) is 18.4 Å². The molecule has 2 heterocycles. The molecule has 2 aromatic carbocycles. The van der Waals surface area contributed by atoms with Gasteiger partial charge in [-0.1, -0.05) is 12.1 Å². The summed E-state index contributed by atoms with van der Waals surface area (Å²) in [4.78, 5) is 28.3. The van der Waals surface area contributed by atoms with Gasteiger partial charge in [-0.15, -0.1) is 5.10 Å². The Morgan fingerprint density at radius 1 is 0.903 bits per heavy atom. The van der Waals surface area contributed by atoms with Crippen LogP contribution in [0, 0.1) is 25.5 Å². The Morgan fingerprint density at radius 3 is 2.23 bits per heavy atom. The number of amides is 1. The first-order chi connectivity index (χ1) is 14.8. The summed E-state index contributed by atoms with van der Waals surface area (Å²) in [6.07, 6.45) is 0. The fourth-order valence-electron chi connectivity index (χ4n) is 3.61. The quantitative estimate of drug-likeness (QED) is 0.649.